The van der Waals surface area contributed by atoms with Gasteiger partial charge in [0.2, 0.25) is 17.7 Å². The van der Waals surface area contributed by atoms with Crippen LogP contribution in [0.5, 0.6) is 0 Å². The van der Waals surface area contributed by atoms with E-state index in [1.165, 1.54) is 0 Å². The number of carbonyl (C=O) groups is 1. The number of ether oxygens (including phenoxy) is 1. The number of pyridine rings is 1. The van der Waals surface area contributed by atoms with Crippen molar-refractivity contribution in [3.63, 3.8) is 0 Å². The predicted molar refractivity (Wildman–Crippen MR) is 112 cm³/mol. The van der Waals surface area contributed by atoms with Crippen molar-refractivity contribution >= 4 is 16.8 Å². The van der Waals surface area contributed by atoms with Gasteiger partial charge in [-0.1, -0.05) is 42.5 Å². The molecule has 0 saturated carbocycles. The van der Waals surface area contributed by atoms with Gasteiger partial charge in [0, 0.05) is 38.1 Å². The lowest BCUT2D eigenvalue weighted by molar-refractivity contribution is -0.121. The Bertz CT molecular complexity index is 1130. The minimum Gasteiger partial charge on any atom is -0.422 e. The summed E-state index contributed by atoms with van der Waals surface area (Å²) in [4.78, 5) is 16.5. The van der Waals surface area contributed by atoms with Gasteiger partial charge in [0.25, 0.3) is 0 Å². The van der Waals surface area contributed by atoms with Gasteiger partial charge in [-0.25, -0.2) is 0 Å². The van der Waals surface area contributed by atoms with Crippen LogP contribution in [0.15, 0.2) is 71.3 Å². The van der Waals surface area contributed by atoms with Crippen molar-refractivity contribution in [2.75, 3.05) is 7.11 Å². The third-order valence-electron chi connectivity index (χ3n) is 4.77. The molecular weight excluding hydrogens is 380 g/mol. The van der Waals surface area contributed by atoms with Gasteiger partial charge in [-0.2, -0.15) is 0 Å². The fourth-order valence-corrected chi connectivity index (χ4v) is 3.23. The number of hydrogen-bond acceptors (Lipinski definition) is 6. The standard InChI is InChI=1S/C23H22N4O3/c1-29-22(17-6-3-2-4-7-17)23-27-26-21(30-23)12-11-20(28)25-15-16-9-10-19-18(14-16)8-5-13-24-19/h2-10,13-14,22H,11-12,15H2,1H3,(H,25,28)/t22-/m1/s1. The van der Waals surface area contributed by atoms with E-state index >= 15 is 0 Å². The Morgan fingerprint density at radius 3 is 2.80 bits per heavy atom. The Morgan fingerprint density at radius 2 is 1.97 bits per heavy atom. The van der Waals surface area contributed by atoms with Gasteiger partial charge in [0.05, 0.1) is 5.52 Å². The summed E-state index contributed by atoms with van der Waals surface area (Å²) in [5.74, 6) is 0.714. The number of amides is 1. The van der Waals surface area contributed by atoms with Crippen LogP contribution in [0.4, 0.5) is 0 Å². The molecule has 0 bridgehead atoms. The second-order valence-corrected chi connectivity index (χ2v) is 6.87. The van der Waals surface area contributed by atoms with Crippen LogP contribution in [-0.2, 0) is 22.5 Å². The first-order valence-electron chi connectivity index (χ1n) is 9.73. The van der Waals surface area contributed by atoms with Crippen molar-refractivity contribution in [2.24, 2.45) is 0 Å². The number of benzene rings is 2. The Kier molecular flexibility index (Phi) is 6.10. The van der Waals surface area contributed by atoms with E-state index in [9.17, 15) is 4.79 Å². The highest BCUT2D eigenvalue weighted by Gasteiger charge is 2.20. The van der Waals surface area contributed by atoms with Gasteiger partial charge >= 0.3 is 0 Å². The zero-order valence-corrected chi connectivity index (χ0v) is 16.6. The average Bonchev–Trinajstić information content (AvgIpc) is 3.26. The van der Waals surface area contributed by atoms with Crippen LogP contribution in [-0.4, -0.2) is 28.2 Å². The van der Waals surface area contributed by atoms with Gasteiger partial charge in [0.1, 0.15) is 0 Å². The molecular formula is C23H22N4O3. The van der Waals surface area contributed by atoms with Crippen LogP contribution in [0.2, 0.25) is 0 Å². The topological polar surface area (TPSA) is 90.1 Å². The van der Waals surface area contributed by atoms with Gasteiger partial charge in [-0.3, -0.25) is 9.78 Å². The van der Waals surface area contributed by atoms with Crippen molar-refractivity contribution in [3.05, 3.63) is 89.8 Å². The maximum absolute atomic E-state index is 12.2. The molecule has 30 heavy (non-hydrogen) atoms. The normalized spacial score (nSPS) is 12.0. The molecule has 7 heteroatoms. The van der Waals surface area contributed by atoms with Crippen LogP contribution in [0.25, 0.3) is 10.9 Å². The molecule has 4 aromatic rings. The monoisotopic (exact) mass is 402 g/mol. The zero-order chi connectivity index (χ0) is 20.8. The average molecular weight is 402 g/mol. The molecule has 1 amide bonds. The predicted octanol–water partition coefficient (Wildman–Crippen LogP) is 3.60. The summed E-state index contributed by atoms with van der Waals surface area (Å²) in [6, 6.07) is 19.5. The second-order valence-electron chi connectivity index (χ2n) is 6.87. The van der Waals surface area contributed by atoms with Gasteiger partial charge < -0.3 is 14.5 Å². The highest BCUT2D eigenvalue weighted by molar-refractivity contribution is 5.79. The van der Waals surface area contributed by atoms with Crippen LogP contribution in [0, 0.1) is 0 Å². The molecule has 1 atom stereocenters. The number of aromatic nitrogens is 3. The highest BCUT2D eigenvalue weighted by atomic mass is 16.5. The van der Waals surface area contributed by atoms with Crippen LogP contribution >= 0.6 is 0 Å². The molecule has 4 rings (SSSR count). The van der Waals surface area contributed by atoms with Crippen LogP contribution in [0.1, 0.15) is 35.4 Å². The molecule has 2 aromatic heterocycles. The quantitative estimate of drug-likeness (QED) is 0.484. The number of aryl methyl sites for hydroxylation is 1. The maximum atomic E-state index is 12.2. The first-order valence-corrected chi connectivity index (χ1v) is 9.73. The van der Waals surface area contributed by atoms with Gasteiger partial charge in [-0.05, 0) is 29.3 Å². The molecule has 0 aliphatic rings. The van der Waals surface area contributed by atoms with E-state index in [2.05, 4.69) is 20.5 Å². The summed E-state index contributed by atoms with van der Waals surface area (Å²) in [5.41, 5.74) is 2.89. The van der Waals surface area contributed by atoms with Gasteiger partial charge in [-0.15, -0.1) is 10.2 Å². The van der Waals surface area contributed by atoms with E-state index in [4.69, 9.17) is 9.15 Å². The van der Waals surface area contributed by atoms with E-state index < -0.39 is 6.10 Å². The number of fused-ring (bicyclic) bond motifs is 1. The third kappa shape index (κ3) is 4.69. The lowest BCUT2D eigenvalue weighted by Gasteiger charge is -2.10. The van der Waals surface area contributed by atoms with E-state index in [1.807, 2.05) is 60.7 Å². The number of nitrogens with one attached hydrogen (secondary N) is 1. The molecule has 0 saturated heterocycles. The number of rotatable bonds is 8. The molecule has 2 heterocycles. The molecule has 7 nitrogen and oxygen atoms in total. The van der Waals surface area contributed by atoms with Gasteiger partial charge in [0.15, 0.2) is 6.10 Å². The number of methoxy groups -OCH3 is 1. The van der Waals surface area contributed by atoms with E-state index in [0.717, 1.165) is 22.0 Å². The Balaban J connectivity index is 1.30. The Hall–Kier alpha value is -3.58. The fourth-order valence-electron chi connectivity index (χ4n) is 3.23. The van der Waals surface area contributed by atoms with Crippen molar-refractivity contribution < 1.29 is 13.9 Å². The molecule has 0 spiro atoms. The summed E-state index contributed by atoms with van der Waals surface area (Å²) in [7, 11) is 1.60. The second kappa shape index (κ2) is 9.28. The zero-order valence-electron chi connectivity index (χ0n) is 16.6. The summed E-state index contributed by atoms with van der Waals surface area (Å²) in [5, 5.41) is 12.1. The molecule has 2 aromatic carbocycles. The van der Waals surface area contributed by atoms with E-state index in [1.54, 1.807) is 13.3 Å². The minimum atomic E-state index is -0.427. The number of nitrogens with zero attached hydrogens (tertiary/aromatic N) is 3. The van der Waals surface area contributed by atoms with Crippen LogP contribution < -0.4 is 5.32 Å². The van der Waals surface area contributed by atoms with Crippen molar-refractivity contribution in [1.82, 2.24) is 20.5 Å². The first kappa shape index (κ1) is 19.7. The molecule has 1 N–H and O–H groups in total. The number of carbonyl (C=O) groups excluding carboxylic acids is 1. The summed E-state index contributed by atoms with van der Waals surface area (Å²) >= 11 is 0. The summed E-state index contributed by atoms with van der Waals surface area (Å²) in [6.07, 6.45) is 1.97. The molecule has 0 aliphatic heterocycles. The summed E-state index contributed by atoms with van der Waals surface area (Å²) in [6.45, 7) is 0.457. The minimum absolute atomic E-state index is 0.0765. The molecule has 0 fully saturated rings. The van der Waals surface area contributed by atoms with Crippen LogP contribution in [0.3, 0.4) is 0 Å². The fraction of sp³-hybridized carbons (Fsp3) is 0.217. The highest BCUT2D eigenvalue weighted by Crippen LogP contribution is 2.24. The Labute approximate surface area is 174 Å². The third-order valence-corrected chi connectivity index (χ3v) is 4.77. The lowest BCUT2D eigenvalue weighted by Crippen LogP contribution is -2.23. The lowest BCUT2D eigenvalue weighted by atomic mass is 10.1. The molecule has 0 unspecified atom stereocenters. The first-order chi connectivity index (χ1) is 14.7. The smallest absolute Gasteiger partial charge is 0.249 e. The molecule has 152 valence electrons. The largest absolute Gasteiger partial charge is 0.422 e. The van der Waals surface area contributed by atoms with E-state index in [0.29, 0.717) is 24.7 Å². The van der Waals surface area contributed by atoms with Crippen molar-refractivity contribution in [3.8, 4) is 0 Å². The summed E-state index contributed by atoms with van der Waals surface area (Å²) < 4.78 is 11.2. The number of hydrogen-bond donors (Lipinski definition) is 1. The molecule has 0 radical (unpaired) electrons. The SMILES string of the molecule is CO[C@H](c1ccccc1)c1nnc(CCC(=O)NCc2ccc3ncccc3c2)o1. The Morgan fingerprint density at radius 1 is 1.10 bits per heavy atom. The molecule has 0 aliphatic carbocycles. The van der Waals surface area contributed by atoms with Crippen molar-refractivity contribution in [2.45, 2.75) is 25.5 Å². The van der Waals surface area contributed by atoms with E-state index in [-0.39, 0.29) is 12.3 Å². The maximum Gasteiger partial charge on any atom is 0.249 e. The van der Waals surface area contributed by atoms with Crippen molar-refractivity contribution in [1.29, 1.82) is 0 Å².